The Kier molecular flexibility index (Phi) is 5.03. The predicted molar refractivity (Wildman–Crippen MR) is 84.9 cm³/mol. The highest BCUT2D eigenvalue weighted by molar-refractivity contribution is 7.10. The molecule has 0 bridgehead atoms. The van der Waals surface area contributed by atoms with Gasteiger partial charge in [-0.2, -0.15) is 0 Å². The Labute approximate surface area is 124 Å². The molecule has 1 aromatic carbocycles. The maximum atomic E-state index is 5.99. The van der Waals surface area contributed by atoms with Gasteiger partial charge in [-0.25, -0.2) is 0 Å². The van der Waals surface area contributed by atoms with Crippen molar-refractivity contribution < 1.29 is 0 Å². The second kappa shape index (κ2) is 6.56. The van der Waals surface area contributed by atoms with Crippen LogP contribution in [0.3, 0.4) is 0 Å². The standard InChI is InChI=1S/C16H20ClNS/c1-11(2)16(15-5-4-8-19-15)18-10-13-6-7-14(17)9-12(13)3/h4-9,11,16,18H,10H2,1-3H3. The van der Waals surface area contributed by atoms with Gasteiger partial charge in [0.2, 0.25) is 0 Å². The van der Waals surface area contributed by atoms with Gasteiger partial charge in [0, 0.05) is 22.5 Å². The third-order valence-corrected chi connectivity index (χ3v) is 4.52. The molecule has 0 spiro atoms. The lowest BCUT2D eigenvalue weighted by atomic mass is 10.0. The molecule has 0 aliphatic rings. The van der Waals surface area contributed by atoms with Crippen LogP contribution >= 0.6 is 22.9 Å². The monoisotopic (exact) mass is 293 g/mol. The molecule has 1 atom stereocenters. The van der Waals surface area contributed by atoms with Gasteiger partial charge >= 0.3 is 0 Å². The molecule has 0 amide bonds. The SMILES string of the molecule is Cc1cc(Cl)ccc1CNC(c1cccs1)C(C)C. The van der Waals surface area contributed by atoms with Crippen molar-refractivity contribution in [3.63, 3.8) is 0 Å². The largest absolute Gasteiger partial charge is 0.305 e. The van der Waals surface area contributed by atoms with Crippen LogP contribution in [-0.4, -0.2) is 0 Å². The van der Waals surface area contributed by atoms with Crippen molar-refractivity contribution >= 4 is 22.9 Å². The summed E-state index contributed by atoms with van der Waals surface area (Å²) >= 11 is 7.81. The Bertz CT molecular complexity index is 520. The van der Waals surface area contributed by atoms with Crippen LogP contribution in [-0.2, 0) is 6.54 Å². The molecule has 1 aromatic heterocycles. The van der Waals surface area contributed by atoms with Gasteiger partial charge in [0.15, 0.2) is 0 Å². The van der Waals surface area contributed by atoms with Crippen molar-refractivity contribution in [3.05, 3.63) is 56.7 Å². The zero-order chi connectivity index (χ0) is 13.8. The molecule has 19 heavy (non-hydrogen) atoms. The Morgan fingerprint density at radius 3 is 2.63 bits per heavy atom. The number of rotatable bonds is 5. The lowest BCUT2D eigenvalue weighted by Crippen LogP contribution is -2.24. The summed E-state index contributed by atoms with van der Waals surface area (Å²) in [5, 5.41) is 6.61. The van der Waals surface area contributed by atoms with E-state index in [1.54, 1.807) is 0 Å². The fourth-order valence-electron chi connectivity index (χ4n) is 2.21. The first-order chi connectivity index (χ1) is 9.08. The van der Waals surface area contributed by atoms with E-state index in [1.807, 2.05) is 23.5 Å². The molecule has 3 heteroatoms. The third kappa shape index (κ3) is 3.82. The van der Waals surface area contributed by atoms with Gasteiger partial charge < -0.3 is 5.32 Å². The molecule has 0 aliphatic carbocycles. The molecule has 1 heterocycles. The second-order valence-corrected chi connectivity index (χ2v) is 6.60. The number of thiophene rings is 1. The molecule has 0 saturated heterocycles. The van der Waals surface area contributed by atoms with E-state index in [4.69, 9.17) is 11.6 Å². The molecule has 0 saturated carbocycles. The van der Waals surface area contributed by atoms with Crippen molar-refractivity contribution in [1.82, 2.24) is 5.32 Å². The third-order valence-electron chi connectivity index (χ3n) is 3.33. The normalized spacial score (nSPS) is 12.9. The van der Waals surface area contributed by atoms with Gasteiger partial charge in [0.05, 0.1) is 0 Å². The summed E-state index contributed by atoms with van der Waals surface area (Å²) in [5.74, 6) is 0.575. The zero-order valence-corrected chi connectivity index (χ0v) is 13.2. The number of halogens is 1. The minimum Gasteiger partial charge on any atom is -0.305 e. The van der Waals surface area contributed by atoms with Crippen LogP contribution in [0.25, 0.3) is 0 Å². The van der Waals surface area contributed by atoms with E-state index in [0.29, 0.717) is 12.0 Å². The fraction of sp³-hybridized carbons (Fsp3) is 0.375. The Morgan fingerprint density at radius 2 is 2.05 bits per heavy atom. The lowest BCUT2D eigenvalue weighted by Gasteiger charge is -2.22. The summed E-state index contributed by atoms with van der Waals surface area (Å²) in [6, 6.07) is 10.8. The van der Waals surface area contributed by atoms with Crippen LogP contribution in [0.4, 0.5) is 0 Å². The Hall–Kier alpha value is -0.830. The summed E-state index contributed by atoms with van der Waals surface area (Å²) in [5.41, 5.74) is 2.56. The fourth-order valence-corrected chi connectivity index (χ4v) is 3.41. The number of hydrogen-bond donors (Lipinski definition) is 1. The molecule has 1 N–H and O–H groups in total. The highest BCUT2D eigenvalue weighted by Gasteiger charge is 2.16. The van der Waals surface area contributed by atoms with Gasteiger partial charge in [-0.1, -0.05) is 37.6 Å². The van der Waals surface area contributed by atoms with Crippen LogP contribution < -0.4 is 5.32 Å². The average molecular weight is 294 g/mol. The first-order valence-corrected chi connectivity index (χ1v) is 7.85. The molecule has 2 rings (SSSR count). The Morgan fingerprint density at radius 1 is 1.26 bits per heavy atom. The van der Waals surface area contributed by atoms with E-state index in [1.165, 1.54) is 16.0 Å². The Balaban J connectivity index is 2.07. The van der Waals surface area contributed by atoms with Gasteiger partial charge in [0.25, 0.3) is 0 Å². The molecule has 0 aliphatic heterocycles. The number of hydrogen-bond acceptors (Lipinski definition) is 2. The lowest BCUT2D eigenvalue weighted by molar-refractivity contribution is 0.416. The molecular formula is C16H20ClNS. The summed E-state index contributed by atoms with van der Waals surface area (Å²) in [6.07, 6.45) is 0. The summed E-state index contributed by atoms with van der Waals surface area (Å²) in [7, 11) is 0. The number of nitrogens with one attached hydrogen (secondary N) is 1. The predicted octanol–water partition coefficient (Wildman–Crippen LogP) is 5.20. The minimum atomic E-state index is 0.412. The topological polar surface area (TPSA) is 12.0 Å². The summed E-state index contributed by atoms with van der Waals surface area (Å²) in [6.45, 7) is 7.50. The van der Waals surface area contributed by atoms with Crippen LogP contribution in [0.15, 0.2) is 35.7 Å². The maximum absolute atomic E-state index is 5.99. The van der Waals surface area contributed by atoms with Crippen LogP contribution in [0.5, 0.6) is 0 Å². The van der Waals surface area contributed by atoms with E-state index in [9.17, 15) is 0 Å². The zero-order valence-electron chi connectivity index (χ0n) is 11.6. The van der Waals surface area contributed by atoms with Crippen LogP contribution in [0, 0.1) is 12.8 Å². The van der Waals surface area contributed by atoms with Crippen molar-refractivity contribution in [2.75, 3.05) is 0 Å². The van der Waals surface area contributed by atoms with E-state index in [-0.39, 0.29) is 0 Å². The highest BCUT2D eigenvalue weighted by atomic mass is 35.5. The van der Waals surface area contributed by atoms with Gasteiger partial charge in [-0.05, 0) is 47.5 Å². The average Bonchev–Trinajstić information content (AvgIpc) is 2.85. The van der Waals surface area contributed by atoms with E-state index in [0.717, 1.165) is 11.6 Å². The molecule has 2 aromatic rings. The maximum Gasteiger partial charge on any atom is 0.0440 e. The van der Waals surface area contributed by atoms with Gasteiger partial charge in [0.1, 0.15) is 0 Å². The van der Waals surface area contributed by atoms with Gasteiger partial charge in [-0.15, -0.1) is 11.3 Å². The van der Waals surface area contributed by atoms with Gasteiger partial charge in [-0.3, -0.25) is 0 Å². The minimum absolute atomic E-state index is 0.412. The summed E-state index contributed by atoms with van der Waals surface area (Å²) in [4.78, 5) is 1.40. The molecule has 102 valence electrons. The second-order valence-electron chi connectivity index (χ2n) is 5.19. The highest BCUT2D eigenvalue weighted by Crippen LogP contribution is 2.26. The molecule has 0 radical (unpaired) electrons. The van der Waals surface area contributed by atoms with E-state index in [2.05, 4.69) is 49.7 Å². The summed E-state index contributed by atoms with van der Waals surface area (Å²) < 4.78 is 0. The molecule has 1 nitrogen and oxygen atoms in total. The van der Waals surface area contributed by atoms with Crippen LogP contribution in [0.2, 0.25) is 5.02 Å². The molecule has 0 fully saturated rings. The number of aryl methyl sites for hydroxylation is 1. The van der Waals surface area contributed by atoms with Crippen LogP contribution in [0.1, 0.15) is 35.9 Å². The first-order valence-electron chi connectivity index (χ1n) is 6.59. The first kappa shape index (κ1) is 14.6. The van der Waals surface area contributed by atoms with E-state index >= 15 is 0 Å². The quantitative estimate of drug-likeness (QED) is 0.799. The van der Waals surface area contributed by atoms with Crippen molar-refractivity contribution in [2.45, 2.75) is 33.4 Å². The van der Waals surface area contributed by atoms with E-state index < -0.39 is 0 Å². The number of benzene rings is 1. The van der Waals surface area contributed by atoms with Crippen molar-refractivity contribution in [1.29, 1.82) is 0 Å². The van der Waals surface area contributed by atoms with Crippen molar-refractivity contribution in [3.8, 4) is 0 Å². The van der Waals surface area contributed by atoms with Crippen molar-refractivity contribution in [2.24, 2.45) is 5.92 Å². The smallest absolute Gasteiger partial charge is 0.0440 e. The molecule has 1 unspecified atom stereocenters. The molecular weight excluding hydrogens is 274 g/mol.